The number of alkyl halides is 3. The van der Waals surface area contributed by atoms with E-state index in [1.807, 2.05) is 37.3 Å². The number of thioether (sulfide) groups is 1. The quantitative estimate of drug-likeness (QED) is 0.798. The number of hydrogen-bond donors (Lipinski definition) is 1. The van der Waals surface area contributed by atoms with Crippen molar-refractivity contribution in [1.29, 1.82) is 0 Å². The van der Waals surface area contributed by atoms with Crippen molar-refractivity contribution in [2.45, 2.75) is 37.4 Å². The van der Waals surface area contributed by atoms with Crippen molar-refractivity contribution in [2.75, 3.05) is 0 Å². The van der Waals surface area contributed by atoms with Gasteiger partial charge in [-0.15, -0.1) is 0 Å². The molecule has 19 heavy (non-hydrogen) atoms. The molecular weight excluding hydrogens is 273 g/mol. The van der Waals surface area contributed by atoms with Gasteiger partial charge in [-0.05, 0) is 23.5 Å². The van der Waals surface area contributed by atoms with Crippen LogP contribution in [0.4, 0.5) is 13.2 Å². The summed E-state index contributed by atoms with van der Waals surface area (Å²) in [6.45, 7) is 3.26. The van der Waals surface area contributed by atoms with Crippen molar-refractivity contribution in [3.05, 3.63) is 41.3 Å². The molecule has 2 atom stereocenters. The van der Waals surface area contributed by atoms with Gasteiger partial charge in [-0.2, -0.15) is 13.2 Å². The lowest BCUT2D eigenvalue weighted by Crippen LogP contribution is -2.35. The summed E-state index contributed by atoms with van der Waals surface area (Å²) in [6.07, 6.45) is -4.56. The van der Waals surface area contributed by atoms with E-state index in [1.54, 1.807) is 6.08 Å². The number of aliphatic hydroxyl groups excluding tert-OH is 1. The maximum absolute atomic E-state index is 12.6. The van der Waals surface area contributed by atoms with Gasteiger partial charge in [0, 0.05) is 10.8 Å². The molecule has 0 radical (unpaired) electrons. The summed E-state index contributed by atoms with van der Waals surface area (Å²) in [6, 6.07) is 9.18. The number of aliphatic hydroxyl groups is 1. The topological polar surface area (TPSA) is 20.2 Å². The average molecular weight is 290 g/mol. The van der Waals surface area contributed by atoms with Gasteiger partial charge in [-0.3, -0.25) is 0 Å². The number of allylic oxidation sites excluding steroid dienone is 1. The van der Waals surface area contributed by atoms with Crippen LogP contribution >= 0.6 is 11.8 Å². The zero-order chi connectivity index (χ0) is 14.5. The predicted molar refractivity (Wildman–Crippen MR) is 71.9 cm³/mol. The van der Waals surface area contributed by atoms with Crippen molar-refractivity contribution in [2.24, 2.45) is 5.92 Å². The molecule has 1 nitrogen and oxygen atoms in total. The van der Waals surface area contributed by atoms with Gasteiger partial charge in [-0.1, -0.05) is 49.9 Å². The summed E-state index contributed by atoms with van der Waals surface area (Å²) < 4.78 is 37.7. The van der Waals surface area contributed by atoms with Gasteiger partial charge in [0.2, 0.25) is 0 Å². The lowest BCUT2D eigenvalue weighted by Gasteiger charge is -2.23. The van der Waals surface area contributed by atoms with E-state index in [1.165, 1.54) is 18.7 Å². The number of rotatable bonds is 5. The van der Waals surface area contributed by atoms with Gasteiger partial charge in [0.1, 0.15) is 0 Å². The standard InChI is InChI=1S/C14H17F3OS/c1-3-7-12(10(2)13(18)14(15,16)17)19-11-8-5-4-6-9-11/h4-10,13,18H,3H2,1-2H3/b12-7-/t10-,13+/m0/s1. The Balaban J connectivity index is 2.87. The summed E-state index contributed by atoms with van der Waals surface area (Å²) in [5.41, 5.74) is 0. The molecule has 0 saturated heterocycles. The molecule has 0 amide bonds. The highest BCUT2D eigenvalue weighted by Crippen LogP contribution is 2.37. The molecular formula is C14H17F3OS. The number of benzene rings is 1. The van der Waals surface area contributed by atoms with E-state index in [0.29, 0.717) is 11.3 Å². The van der Waals surface area contributed by atoms with Crippen molar-refractivity contribution >= 4 is 11.8 Å². The first kappa shape index (κ1) is 16.1. The minimum absolute atomic E-state index is 0.540. The van der Waals surface area contributed by atoms with Crippen LogP contribution in [0.2, 0.25) is 0 Å². The van der Waals surface area contributed by atoms with Gasteiger partial charge in [-0.25, -0.2) is 0 Å². The first-order valence-electron chi connectivity index (χ1n) is 6.04. The summed E-state index contributed by atoms with van der Waals surface area (Å²) in [4.78, 5) is 1.40. The van der Waals surface area contributed by atoms with Crippen molar-refractivity contribution in [1.82, 2.24) is 0 Å². The van der Waals surface area contributed by atoms with E-state index in [9.17, 15) is 18.3 Å². The highest BCUT2D eigenvalue weighted by Gasteiger charge is 2.42. The first-order chi connectivity index (χ1) is 8.86. The average Bonchev–Trinajstić information content (AvgIpc) is 2.36. The van der Waals surface area contributed by atoms with Crippen LogP contribution in [0.1, 0.15) is 20.3 Å². The van der Waals surface area contributed by atoms with Crippen LogP contribution in [0.5, 0.6) is 0 Å². The molecule has 0 spiro atoms. The van der Waals surface area contributed by atoms with E-state index < -0.39 is 18.2 Å². The molecule has 0 aliphatic heterocycles. The van der Waals surface area contributed by atoms with Crippen LogP contribution in [-0.2, 0) is 0 Å². The fourth-order valence-corrected chi connectivity index (χ4v) is 2.72. The van der Waals surface area contributed by atoms with Gasteiger partial charge < -0.3 is 5.11 Å². The van der Waals surface area contributed by atoms with Crippen molar-refractivity contribution < 1.29 is 18.3 Å². The molecule has 0 aliphatic carbocycles. The zero-order valence-electron chi connectivity index (χ0n) is 10.8. The molecule has 1 N–H and O–H groups in total. The molecule has 0 fully saturated rings. The van der Waals surface area contributed by atoms with Gasteiger partial charge in [0.15, 0.2) is 6.10 Å². The van der Waals surface area contributed by atoms with E-state index in [-0.39, 0.29) is 0 Å². The van der Waals surface area contributed by atoms with Crippen LogP contribution in [-0.4, -0.2) is 17.4 Å². The Morgan fingerprint density at radius 2 is 1.89 bits per heavy atom. The fourth-order valence-electron chi connectivity index (χ4n) is 1.59. The zero-order valence-corrected chi connectivity index (χ0v) is 11.6. The third-order valence-corrected chi connectivity index (χ3v) is 3.92. The van der Waals surface area contributed by atoms with Crippen LogP contribution in [0, 0.1) is 5.92 Å². The van der Waals surface area contributed by atoms with Crippen LogP contribution in [0.15, 0.2) is 46.2 Å². The highest BCUT2D eigenvalue weighted by molar-refractivity contribution is 8.03. The Labute approximate surface area is 115 Å². The maximum Gasteiger partial charge on any atom is 0.414 e. The van der Waals surface area contributed by atoms with E-state index in [4.69, 9.17) is 0 Å². The lowest BCUT2D eigenvalue weighted by molar-refractivity contribution is -0.213. The minimum Gasteiger partial charge on any atom is -0.383 e. The van der Waals surface area contributed by atoms with Crippen LogP contribution < -0.4 is 0 Å². The Bertz CT molecular complexity index is 414. The molecule has 1 aromatic carbocycles. The normalized spacial score (nSPS) is 16.2. The third-order valence-electron chi connectivity index (χ3n) is 2.64. The monoisotopic (exact) mass is 290 g/mol. The summed E-state index contributed by atoms with van der Waals surface area (Å²) in [7, 11) is 0. The maximum atomic E-state index is 12.6. The second-order valence-electron chi connectivity index (χ2n) is 4.20. The molecule has 0 aromatic heterocycles. The molecule has 0 bridgehead atoms. The van der Waals surface area contributed by atoms with Crippen LogP contribution in [0.3, 0.4) is 0 Å². The number of hydrogen-bond acceptors (Lipinski definition) is 2. The third kappa shape index (κ3) is 4.91. The van der Waals surface area contributed by atoms with E-state index >= 15 is 0 Å². The summed E-state index contributed by atoms with van der Waals surface area (Å²) in [5.74, 6) is -0.967. The second-order valence-corrected chi connectivity index (χ2v) is 5.35. The Hall–Kier alpha value is -0.940. The van der Waals surface area contributed by atoms with Gasteiger partial charge in [0.25, 0.3) is 0 Å². The minimum atomic E-state index is -4.59. The molecule has 5 heteroatoms. The predicted octanol–water partition coefficient (Wildman–Crippen LogP) is 4.63. The Morgan fingerprint density at radius 3 is 2.37 bits per heavy atom. The van der Waals surface area contributed by atoms with Crippen molar-refractivity contribution in [3.8, 4) is 0 Å². The molecule has 0 heterocycles. The summed E-state index contributed by atoms with van der Waals surface area (Å²) >= 11 is 1.27. The molecule has 0 unspecified atom stereocenters. The largest absolute Gasteiger partial charge is 0.414 e. The Kier molecular flexibility index (Phi) is 5.94. The van der Waals surface area contributed by atoms with Crippen molar-refractivity contribution in [3.63, 3.8) is 0 Å². The SMILES string of the molecule is CC/C=C(\Sc1ccccc1)[C@H](C)[C@@H](O)C(F)(F)F. The van der Waals surface area contributed by atoms with Gasteiger partial charge >= 0.3 is 6.18 Å². The molecule has 1 rings (SSSR count). The van der Waals surface area contributed by atoms with E-state index in [0.717, 1.165) is 4.90 Å². The summed E-state index contributed by atoms with van der Waals surface area (Å²) in [5, 5.41) is 9.35. The molecule has 0 aliphatic rings. The Morgan fingerprint density at radius 1 is 1.32 bits per heavy atom. The molecule has 106 valence electrons. The number of halogens is 3. The van der Waals surface area contributed by atoms with Gasteiger partial charge in [0.05, 0.1) is 0 Å². The smallest absolute Gasteiger partial charge is 0.383 e. The van der Waals surface area contributed by atoms with Crippen LogP contribution in [0.25, 0.3) is 0 Å². The highest BCUT2D eigenvalue weighted by atomic mass is 32.2. The lowest BCUT2D eigenvalue weighted by atomic mass is 10.0. The molecule has 0 saturated carbocycles. The molecule has 1 aromatic rings. The fraction of sp³-hybridized carbons (Fsp3) is 0.429. The second kappa shape index (κ2) is 7.01. The van der Waals surface area contributed by atoms with E-state index in [2.05, 4.69) is 0 Å². The first-order valence-corrected chi connectivity index (χ1v) is 6.85.